The highest BCUT2D eigenvalue weighted by atomic mass is 16.5. The molecule has 1 aromatic rings. The molecule has 0 saturated heterocycles. The number of amides is 1. The molecule has 0 aliphatic heterocycles. The van der Waals surface area contributed by atoms with Crippen molar-refractivity contribution in [3.05, 3.63) is 23.8 Å². The van der Waals surface area contributed by atoms with Crippen LogP contribution in [0.25, 0.3) is 0 Å². The van der Waals surface area contributed by atoms with E-state index in [1.165, 1.54) is 0 Å². The first-order chi connectivity index (χ1) is 7.72. The lowest BCUT2D eigenvalue weighted by Crippen LogP contribution is -2.30. The summed E-state index contributed by atoms with van der Waals surface area (Å²) < 4.78 is 10.7. The molecule has 16 heavy (non-hydrogen) atoms. The van der Waals surface area contributed by atoms with E-state index in [4.69, 9.17) is 15.3 Å². The van der Waals surface area contributed by atoms with Crippen LogP contribution in [0, 0.1) is 0 Å². The summed E-state index contributed by atoms with van der Waals surface area (Å²) in [6.07, 6.45) is 0. The van der Waals surface area contributed by atoms with Gasteiger partial charge in [-0.15, -0.1) is 0 Å². The normalized spacial score (nSPS) is 9.69. The Morgan fingerprint density at radius 3 is 2.56 bits per heavy atom. The van der Waals surface area contributed by atoms with Crippen LogP contribution in [-0.4, -0.2) is 19.1 Å². The molecular formula is C11H16N2O3. The van der Waals surface area contributed by atoms with Crippen molar-refractivity contribution in [1.29, 1.82) is 0 Å². The van der Waals surface area contributed by atoms with Gasteiger partial charge in [0.05, 0.1) is 18.8 Å². The van der Waals surface area contributed by atoms with E-state index < -0.39 is 0 Å². The SMILES string of the molecule is CCOc1ccc(C(=O)NN)c(OCC)c1. The van der Waals surface area contributed by atoms with Crippen molar-refractivity contribution in [2.75, 3.05) is 13.2 Å². The number of ether oxygens (including phenoxy) is 2. The third-order valence-corrected chi connectivity index (χ3v) is 1.94. The molecule has 5 heteroatoms. The Bertz CT molecular complexity index is 366. The summed E-state index contributed by atoms with van der Waals surface area (Å²) in [5.74, 6) is 5.83. The molecule has 0 spiro atoms. The van der Waals surface area contributed by atoms with Gasteiger partial charge in [0.25, 0.3) is 5.91 Å². The predicted molar refractivity (Wildman–Crippen MR) is 60.4 cm³/mol. The zero-order valence-electron chi connectivity index (χ0n) is 9.45. The first kappa shape index (κ1) is 12.3. The largest absolute Gasteiger partial charge is 0.494 e. The number of rotatable bonds is 5. The van der Waals surface area contributed by atoms with E-state index in [-0.39, 0.29) is 5.91 Å². The number of carbonyl (C=O) groups is 1. The zero-order chi connectivity index (χ0) is 12.0. The van der Waals surface area contributed by atoms with Crippen LogP contribution in [0.5, 0.6) is 11.5 Å². The summed E-state index contributed by atoms with van der Waals surface area (Å²) in [7, 11) is 0. The van der Waals surface area contributed by atoms with Gasteiger partial charge in [-0.25, -0.2) is 5.84 Å². The third kappa shape index (κ3) is 2.87. The smallest absolute Gasteiger partial charge is 0.268 e. The van der Waals surface area contributed by atoms with Crippen LogP contribution < -0.4 is 20.7 Å². The minimum Gasteiger partial charge on any atom is -0.494 e. The van der Waals surface area contributed by atoms with Gasteiger partial charge in [-0.1, -0.05) is 0 Å². The van der Waals surface area contributed by atoms with E-state index in [2.05, 4.69) is 5.43 Å². The van der Waals surface area contributed by atoms with E-state index in [0.29, 0.717) is 30.3 Å². The Balaban J connectivity index is 3.03. The highest BCUT2D eigenvalue weighted by molar-refractivity contribution is 5.96. The molecule has 5 nitrogen and oxygen atoms in total. The third-order valence-electron chi connectivity index (χ3n) is 1.94. The van der Waals surface area contributed by atoms with E-state index in [1.54, 1.807) is 18.2 Å². The fourth-order valence-electron chi connectivity index (χ4n) is 1.30. The summed E-state index contributed by atoms with van der Waals surface area (Å²) in [6, 6.07) is 5.01. The van der Waals surface area contributed by atoms with Crippen LogP contribution in [0.15, 0.2) is 18.2 Å². The van der Waals surface area contributed by atoms with Crippen LogP contribution in [0.4, 0.5) is 0 Å². The van der Waals surface area contributed by atoms with Gasteiger partial charge in [-0.2, -0.15) is 0 Å². The standard InChI is InChI=1S/C11H16N2O3/c1-3-15-8-5-6-9(11(14)13-12)10(7-8)16-4-2/h5-7H,3-4,12H2,1-2H3,(H,13,14). The molecule has 0 atom stereocenters. The molecule has 88 valence electrons. The topological polar surface area (TPSA) is 73.6 Å². The van der Waals surface area contributed by atoms with Gasteiger partial charge < -0.3 is 9.47 Å². The molecule has 0 saturated carbocycles. The Morgan fingerprint density at radius 2 is 2.00 bits per heavy atom. The molecule has 1 amide bonds. The summed E-state index contributed by atoms with van der Waals surface area (Å²) in [5.41, 5.74) is 2.47. The van der Waals surface area contributed by atoms with Gasteiger partial charge in [0.1, 0.15) is 11.5 Å². The van der Waals surface area contributed by atoms with E-state index >= 15 is 0 Å². The molecule has 0 aromatic heterocycles. The Morgan fingerprint density at radius 1 is 1.31 bits per heavy atom. The lowest BCUT2D eigenvalue weighted by molar-refractivity contribution is 0.0950. The zero-order valence-corrected chi connectivity index (χ0v) is 9.45. The van der Waals surface area contributed by atoms with Gasteiger partial charge in [0.2, 0.25) is 0 Å². The summed E-state index contributed by atoms with van der Waals surface area (Å²) in [4.78, 5) is 11.4. The maximum Gasteiger partial charge on any atom is 0.268 e. The highest BCUT2D eigenvalue weighted by Crippen LogP contribution is 2.24. The van der Waals surface area contributed by atoms with Gasteiger partial charge in [-0.3, -0.25) is 10.2 Å². The van der Waals surface area contributed by atoms with Crippen LogP contribution in [0.3, 0.4) is 0 Å². The molecule has 0 heterocycles. The first-order valence-corrected chi connectivity index (χ1v) is 5.13. The monoisotopic (exact) mass is 224 g/mol. The molecule has 0 unspecified atom stereocenters. The number of nitrogen functional groups attached to an aromatic ring is 1. The molecule has 0 fully saturated rings. The number of hydrazine groups is 1. The van der Waals surface area contributed by atoms with Gasteiger partial charge in [0.15, 0.2) is 0 Å². The van der Waals surface area contributed by atoms with E-state index in [1.807, 2.05) is 13.8 Å². The molecule has 0 radical (unpaired) electrons. The molecule has 1 rings (SSSR count). The first-order valence-electron chi connectivity index (χ1n) is 5.13. The molecule has 0 aliphatic rings. The maximum absolute atomic E-state index is 11.4. The lowest BCUT2D eigenvalue weighted by Gasteiger charge is -2.11. The van der Waals surface area contributed by atoms with Crippen molar-refractivity contribution in [3.63, 3.8) is 0 Å². The molecule has 1 aromatic carbocycles. The Labute approximate surface area is 94.5 Å². The number of nitrogens with two attached hydrogens (primary N) is 1. The van der Waals surface area contributed by atoms with Gasteiger partial charge >= 0.3 is 0 Å². The molecule has 0 aliphatic carbocycles. The maximum atomic E-state index is 11.4. The van der Waals surface area contributed by atoms with Crippen LogP contribution in [-0.2, 0) is 0 Å². The van der Waals surface area contributed by atoms with Crippen molar-refractivity contribution < 1.29 is 14.3 Å². The molecular weight excluding hydrogens is 208 g/mol. The quantitative estimate of drug-likeness (QED) is 0.446. The number of nitrogens with one attached hydrogen (secondary N) is 1. The fourth-order valence-corrected chi connectivity index (χ4v) is 1.30. The van der Waals surface area contributed by atoms with Crippen molar-refractivity contribution in [1.82, 2.24) is 5.43 Å². The molecule has 0 bridgehead atoms. The van der Waals surface area contributed by atoms with E-state index in [0.717, 1.165) is 0 Å². The minimum atomic E-state index is -0.383. The summed E-state index contributed by atoms with van der Waals surface area (Å²) >= 11 is 0. The number of benzene rings is 1. The van der Waals surface area contributed by atoms with Crippen LogP contribution >= 0.6 is 0 Å². The van der Waals surface area contributed by atoms with Gasteiger partial charge in [-0.05, 0) is 26.0 Å². The average Bonchev–Trinajstić information content (AvgIpc) is 2.29. The Hall–Kier alpha value is -1.75. The minimum absolute atomic E-state index is 0.383. The number of hydrogen-bond donors (Lipinski definition) is 2. The fraction of sp³-hybridized carbons (Fsp3) is 0.364. The predicted octanol–water partition coefficient (Wildman–Crippen LogP) is 1.09. The van der Waals surface area contributed by atoms with Crippen LogP contribution in [0.2, 0.25) is 0 Å². The summed E-state index contributed by atoms with van der Waals surface area (Å²) in [6.45, 7) is 4.77. The van der Waals surface area contributed by atoms with E-state index in [9.17, 15) is 4.79 Å². The van der Waals surface area contributed by atoms with Crippen molar-refractivity contribution >= 4 is 5.91 Å². The van der Waals surface area contributed by atoms with Crippen molar-refractivity contribution in [2.24, 2.45) is 5.84 Å². The number of carbonyl (C=O) groups excluding carboxylic acids is 1. The second-order valence-electron chi connectivity index (χ2n) is 3.00. The van der Waals surface area contributed by atoms with Gasteiger partial charge in [0, 0.05) is 6.07 Å². The second kappa shape index (κ2) is 5.97. The van der Waals surface area contributed by atoms with Crippen molar-refractivity contribution in [2.45, 2.75) is 13.8 Å². The van der Waals surface area contributed by atoms with Crippen molar-refractivity contribution in [3.8, 4) is 11.5 Å². The second-order valence-corrected chi connectivity index (χ2v) is 3.00. The summed E-state index contributed by atoms with van der Waals surface area (Å²) in [5, 5.41) is 0. The Kier molecular flexibility index (Phi) is 4.60. The average molecular weight is 224 g/mol. The number of hydrogen-bond acceptors (Lipinski definition) is 4. The van der Waals surface area contributed by atoms with Crippen LogP contribution in [0.1, 0.15) is 24.2 Å². The molecule has 3 N–H and O–H groups in total. The lowest BCUT2D eigenvalue weighted by atomic mass is 10.2. The highest BCUT2D eigenvalue weighted by Gasteiger charge is 2.12.